The molecule has 0 radical (unpaired) electrons. The van der Waals surface area contributed by atoms with E-state index in [-0.39, 0.29) is 12.5 Å². The summed E-state index contributed by atoms with van der Waals surface area (Å²) in [5.41, 5.74) is 0. The van der Waals surface area contributed by atoms with Crippen molar-refractivity contribution in [2.24, 2.45) is 0 Å². The fraction of sp³-hybridized carbons (Fsp3) is 0.909. The number of hydrogen-bond donors (Lipinski definition) is 1. The van der Waals surface area contributed by atoms with Crippen molar-refractivity contribution in [1.82, 2.24) is 4.90 Å². The minimum Gasteiger partial charge on any atom is -0.481 e. The van der Waals surface area contributed by atoms with E-state index in [1.807, 2.05) is 18.7 Å². The number of carboxylic acid groups (broad SMARTS) is 1. The fourth-order valence-electron chi connectivity index (χ4n) is 1.86. The monoisotopic (exact) mass is 231 g/mol. The zero-order chi connectivity index (χ0) is 11.5. The molecule has 4 heteroatoms. The maximum atomic E-state index is 10.6. The van der Waals surface area contributed by atoms with E-state index in [0.717, 1.165) is 25.3 Å². The Morgan fingerprint density at radius 2 is 2.20 bits per heavy atom. The number of aliphatic carboxylic acids is 1. The summed E-state index contributed by atoms with van der Waals surface area (Å²) in [7, 11) is 0. The summed E-state index contributed by atoms with van der Waals surface area (Å²) in [4.78, 5) is 12.9. The molecule has 3 nitrogen and oxygen atoms in total. The van der Waals surface area contributed by atoms with E-state index in [9.17, 15) is 4.79 Å². The molecule has 0 aromatic carbocycles. The minimum absolute atomic E-state index is 0.164. The Bertz CT molecular complexity index is 231. The van der Waals surface area contributed by atoms with Crippen LogP contribution in [0.25, 0.3) is 0 Å². The van der Waals surface area contributed by atoms with Crippen molar-refractivity contribution in [1.29, 1.82) is 0 Å². The molecule has 1 heterocycles. The SMILES string of the molecule is CC(CC(=O)O)N1CCSC(C)(C)CC1. The zero-order valence-corrected chi connectivity index (χ0v) is 10.6. The molecule has 1 saturated heterocycles. The van der Waals surface area contributed by atoms with Gasteiger partial charge in [-0.05, 0) is 19.9 Å². The first-order valence-electron chi connectivity index (χ1n) is 5.50. The lowest BCUT2D eigenvalue weighted by Gasteiger charge is -2.27. The van der Waals surface area contributed by atoms with Gasteiger partial charge in [-0.25, -0.2) is 0 Å². The van der Waals surface area contributed by atoms with Crippen molar-refractivity contribution in [3.63, 3.8) is 0 Å². The highest BCUT2D eigenvalue weighted by Crippen LogP contribution is 2.31. The van der Waals surface area contributed by atoms with Crippen LogP contribution >= 0.6 is 11.8 Å². The molecule has 1 rings (SSSR count). The van der Waals surface area contributed by atoms with Gasteiger partial charge in [-0.2, -0.15) is 11.8 Å². The van der Waals surface area contributed by atoms with Crippen LogP contribution in [0, 0.1) is 0 Å². The van der Waals surface area contributed by atoms with Gasteiger partial charge in [0.1, 0.15) is 0 Å². The summed E-state index contributed by atoms with van der Waals surface area (Å²) in [6.07, 6.45) is 1.40. The highest BCUT2D eigenvalue weighted by Gasteiger charge is 2.26. The Kier molecular flexibility index (Phi) is 4.46. The van der Waals surface area contributed by atoms with E-state index < -0.39 is 5.97 Å². The van der Waals surface area contributed by atoms with Crippen LogP contribution in [0.5, 0.6) is 0 Å². The lowest BCUT2D eigenvalue weighted by atomic mass is 10.1. The normalized spacial score (nSPS) is 24.5. The molecule has 0 spiro atoms. The summed E-state index contributed by atoms with van der Waals surface area (Å²) in [6.45, 7) is 8.58. The summed E-state index contributed by atoms with van der Waals surface area (Å²) in [5, 5.41) is 8.76. The Hall–Kier alpha value is -0.220. The standard InChI is InChI=1S/C11H21NO2S/c1-9(8-10(13)14)12-5-4-11(2,3)15-7-6-12/h9H,4-8H2,1-3H3,(H,13,14). The Morgan fingerprint density at radius 3 is 2.80 bits per heavy atom. The molecule has 1 N–H and O–H groups in total. The molecule has 1 fully saturated rings. The van der Waals surface area contributed by atoms with E-state index in [4.69, 9.17) is 5.11 Å². The molecule has 0 aromatic rings. The van der Waals surface area contributed by atoms with Crippen LogP contribution in [-0.4, -0.2) is 45.6 Å². The number of carbonyl (C=O) groups is 1. The van der Waals surface area contributed by atoms with Gasteiger partial charge in [0, 0.05) is 23.1 Å². The van der Waals surface area contributed by atoms with E-state index in [2.05, 4.69) is 18.7 Å². The minimum atomic E-state index is -0.696. The average molecular weight is 231 g/mol. The highest BCUT2D eigenvalue weighted by atomic mass is 32.2. The molecule has 0 amide bonds. The third-order valence-corrected chi connectivity index (χ3v) is 4.34. The molecule has 1 atom stereocenters. The summed E-state index contributed by atoms with van der Waals surface area (Å²) >= 11 is 1.99. The van der Waals surface area contributed by atoms with E-state index in [1.54, 1.807) is 0 Å². The number of thioether (sulfide) groups is 1. The third-order valence-electron chi connectivity index (χ3n) is 2.97. The predicted molar refractivity (Wildman–Crippen MR) is 64.4 cm³/mol. The maximum absolute atomic E-state index is 10.6. The summed E-state index contributed by atoms with van der Waals surface area (Å²) < 4.78 is 0.345. The molecule has 0 saturated carbocycles. The van der Waals surface area contributed by atoms with Crippen LogP contribution in [0.3, 0.4) is 0 Å². The van der Waals surface area contributed by atoms with Crippen LogP contribution < -0.4 is 0 Å². The van der Waals surface area contributed by atoms with Crippen LogP contribution in [-0.2, 0) is 4.79 Å². The fourth-order valence-corrected chi connectivity index (χ4v) is 2.97. The molecule has 0 aliphatic carbocycles. The quantitative estimate of drug-likeness (QED) is 0.807. The molecule has 88 valence electrons. The Morgan fingerprint density at radius 1 is 1.53 bits per heavy atom. The highest BCUT2D eigenvalue weighted by molar-refractivity contribution is 8.00. The van der Waals surface area contributed by atoms with Gasteiger partial charge in [0.15, 0.2) is 0 Å². The van der Waals surface area contributed by atoms with Crippen molar-refractivity contribution >= 4 is 17.7 Å². The van der Waals surface area contributed by atoms with Crippen molar-refractivity contribution in [3.8, 4) is 0 Å². The van der Waals surface area contributed by atoms with E-state index >= 15 is 0 Å². The first-order chi connectivity index (χ1) is 6.91. The van der Waals surface area contributed by atoms with Crippen molar-refractivity contribution in [3.05, 3.63) is 0 Å². The van der Waals surface area contributed by atoms with Gasteiger partial charge in [0.05, 0.1) is 6.42 Å². The molecule has 1 unspecified atom stereocenters. The van der Waals surface area contributed by atoms with Crippen molar-refractivity contribution in [2.45, 2.75) is 44.4 Å². The Balaban J connectivity index is 2.46. The van der Waals surface area contributed by atoms with Gasteiger partial charge < -0.3 is 5.11 Å². The maximum Gasteiger partial charge on any atom is 0.304 e. The molecule has 1 aliphatic rings. The van der Waals surface area contributed by atoms with Gasteiger partial charge >= 0.3 is 5.97 Å². The van der Waals surface area contributed by atoms with Gasteiger partial charge in [-0.1, -0.05) is 13.8 Å². The first kappa shape index (κ1) is 12.8. The lowest BCUT2D eigenvalue weighted by Crippen LogP contribution is -2.36. The van der Waals surface area contributed by atoms with Crippen LogP contribution in [0.1, 0.15) is 33.6 Å². The average Bonchev–Trinajstić information content (AvgIpc) is 2.25. The smallest absolute Gasteiger partial charge is 0.304 e. The lowest BCUT2D eigenvalue weighted by molar-refractivity contribution is -0.138. The molecular formula is C11H21NO2S. The second kappa shape index (κ2) is 5.21. The second-order valence-corrected chi connectivity index (χ2v) is 6.64. The van der Waals surface area contributed by atoms with Gasteiger partial charge in [-0.15, -0.1) is 0 Å². The molecule has 0 aromatic heterocycles. The number of nitrogens with zero attached hydrogens (tertiary/aromatic N) is 1. The third kappa shape index (κ3) is 4.43. The van der Waals surface area contributed by atoms with Gasteiger partial charge in [0.25, 0.3) is 0 Å². The molecule has 0 bridgehead atoms. The predicted octanol–water partition coefficient (Wildman–Crippen LogP) is 2.07. The van der Waals surface area contributed by atoms with Gasteiger partial charge in [-0.3, -0.25) is 9.69 Å². The summed E-state index contributed by atoms with van der Waals surface area (Å²) in [6, 6.07) is 0.164. The van der Waals surface area contributed by atoms with Crippen molar-refractivity contribution in [2.75, 3.05) is 18.8 Å². The van der Waals surface area contributed by atoms with E-state index in [0.29, 0.717) is 4.75 Å². The number of carboxylic acids is 1. The first-order valence-corrected chi connectivity index (χ1v) is 6.49. The molecule has 1 aliphatic heterocycles. The van der Waals surface area contributed by atoms with Crippen LogP contribution in [0.4, 0.5) is 0 Å². The topological polar surface area (TPSA) is 40.5 Å². The Labute approximate surface area is 96.2 Å². The number of hydrogen-bond acceptors (Lipinski definition) is 3. The van der Waals surface area contributed by atoms with E-state index in [1.165, 1.54) is 0 Å². The molecule has 15 heavy (non-hydrogen) atoms. The van der Waals surface area contributed by atoms with Crippen LogP contribution in [0.2, 0.25) is 0 Å². The largest absolute Gasteiger partial charge is 0.481 e. The second-order valence-electron chi connectivity index (χ2n) is 4.84. The van der Waals surface area contributed by atoms with Crippen LogP contribution in [0.15, 0.2) is 0 Å². The zero-order valence-electron chi connectivity index (χ0n) is 9.82. The summed E-state index contributed by atoms with van der Waals surface area (Å²) in [5.74, 6) is 0.412. The van der Waals surface area contributed by atoms with Crippen molar-refractivity contribution < 1.29 is 9.90 Å². The molecular weight excluding hydrogens is 210 g/mol. The van der Waals surface area contributed by atoms with Gasteiger partial charge in [0.2, 0.25) is 0 Å². The number of rotatable bonds is 3.